The van der Waals surface area contributed by atoms with E-state index >= 15 is 0 Å². The summed E-state index contributed by atoms with van der Waals surface area (Å²) in [5.74, 6) is -0.821. The van der Waals surface area contributed by atoms with Crippen LogP contribution in [0.15, 0.2) is 35.5 Å². The molecule has 172 valence electrons. The summed E-state index contributed by atoms with van der Waals surface area (Å²) in [7, 11) is 0. The van der Waals surface area contributed by atoms with Crippen molar-refractivity contribution < 1.29 is 32.3 Å². The second kappa shape index (κ2) is 8.45. The molecule has 4 rings (SSSR count). The molecule has 4 amide bonds. The third kappa shape index (κ3) is 3.92. The number of nitrogens with one attached hydrogen (secondary N) is 1. The van der Waals surface area contributed by atoms with Gasteiger partial charge in [0, 0.05) is 19.6 Å². The zero-order valence-electron chi connectivity index (χ0n) is 17.4. The number of carbonyl (C=O) groups excluding carboxylic acids is 3. The van der Waals surface area contributed by atoms with Gasteiger partial charge in [-0.15, -0.1) is 0 Å². The van der Waals surface area contributed by atoms with Crippen LogP contribution < -0.4 is 5.32 Å². The molecule has 0 radical (unpaired) electrons. The van der Waals surface area contributed by atoms with Gasteiger partial charge in [-0.05, 0) is 18.6 Å². The number of nitrogens with zero attached hydrogens (tertiary/aromatic N) is 3. The minimum absolute atomic E-state index is 0.0177. The largest absolute Gasteiger partial charge is 0.416 e. The third-order valence-corrected chi connectivity index (χ3v) is 5.88. The molecule has 1 saturated heterocycles. The van der Waals surface area contributed by atoms with Gasteiger partial charge in [-0.25, -0.2) is 4.79 Å². The molecule has 0 spiro atoms. The number of hydrogen-bond acceptors (Lipinski definition) is 4. The van der Waals surface area contributed by atoms with Crippen LogP contribution >= 0.6 is 0 Å². The van der Waals surface area contributed by atoms with Crippen molar-refractivity contribution >= 4 is 17.8 Å². The van der Waals surface area contributed by atoms with Crippen LogP contribution in [0.2, 0.25) is 0 Å². The highest BCUT2D eigenvalue weighted by Gasteiger charge is 2.46. The Morgan fingerprint density at radius 2 is 1.88 bits per heavy atom. The first-order valence-corrected chi connectivity index (χ1v) is 10.3. The monoisotopic (exact) mass is 452 g/mol. The summed E-state index contributed by atoms with van der Waals surface area (Å²) in [5.41, 5.74) is -0.722. The average molecular weight is 452 g/mol. The number of alkyl halides is 3. The van der Waals surface area contributed by atoms with Gasteiger partial charge in [-0.1, -0.05) is 18.2 Å². The lowest BCUT2D eigenvalue weighted by molar-refractivity contribution is -0.140. The molecule has 1 atom stereocenters. The number of halogens is 3. The van der Waals surface area contributed by atoms with E-state index in [1.165, 1.54) is 28.0 Å². The molecular weight excluding hydrogens is 429 g/mol. The van der Waals surface area contributed by atoms with E-state index in [0.717, 1.165) is 6.07 Å². The predicted octanol–water partition coefficient (Wildman–Crippen LogP) is 1.75. The van der Waals surface area contributed by atoms with Gasteiger partial charge >= 0.3 is 12.2 Å². The fourth-order valence-corrected chi connectivity index (χ4v) is 4.33. The standard InChI is InChI=1S/C21H23F3N4O4/c1-2-28-15-11-27(12-16(29)26-7-9-32-10-8-26)19(30)17(15)18(25-20(28)31)13-5-3-4-6-14(13)21(22,23)24/h3-6,18H,2,7-12H2,1H3,(H,25,31)/t18-/m0/s1. The molecule has 3 heterocycles. The highest BCUT2D eigenvalue weighted by molar-refractivity contribution is 6.03. The maximum absolute atomic E-state index is 13.6. The Morgan fingerprint density at radius 1 is 1.19 bits per heavy atom. The highest BCUT2D eigenvalue weighted by Crippen LogP contribution is 2.41. The molecule has 3 aliphatic heterocycles. The molecule has 1 aromatic rings. The van der Waals surface area contributed by atoms with Crippen LogP contribution in [-0.2, 0) is 20.5 Å². The van der Waals surface area contributed by atoms with E-state index in [0.29, 0.717) is 32.0 Å². The van der Waals surface area contributed by atoms with E-state index in [2.05, 4.69) is 5.32 Å². The lowest BCUT2D eigenvalue weighted by atomic mass is 9.91. The first-order valence-electron chi connectivity index (χ1n) is 10.3. The molecule has 32 heavy (non-hydrogen) atoms. The van der Waals surface area contributed by atoms with Crippen molar-refractivity contribution in [2.75, 3.05) is 45.9 Å². The van der Waals surface area contributed by atoms with Gasteiger partial charge in [0.1, 0.15) is 6.54 Å². The topological polar surface area (TPSA) is 82.2 Å². The summed E-state index contributed by atoms with van der Waals surface area (Å²) >= 11 is 0. The van der Waals surface area contributed by atoms with Gasteiger partial charge in [0.25, 0.3) is 5.91 Å². The summed E-state index contributed by atoms with van der Waals surface area (Å²) in [4.78, 5) is 42.8. The summed E-state index contributed by atoms with van der Waals surface area (Å²) in [6.45, 7) is 3.35. The van der Waals surface area contributed by atoms with Crippen molar-refractivity contribution in [3.8, 4) is 0 Å². The van der Waals surface area contributed by atoms with Crippen LogP contribution in [0.4, 0.5) is 18.0 Å². The number of amides is 4. The van der Waals surface area contributed by atoms with Crippen LogP contribution in [0.3, 0.4) is 0 Å². The Balaban J connectivity index is 1.67. The van der Waals surface area contributed by atoms with Crippen molar-refractivity contribution in [2.45, 2.75) is 19.1 Å². The quantitative estimate of drug-likeness (QED) is 0.755. The number of ether oxygens (including phenoxy) is 1. The van der Waals surface area contributed by atoms with Crippen LogP contribution in [0.5, 0.6) is 0 Å². The molecule has 8 nitrogen and oxygen atoms in total. The summed E-state index contributed by atoms with van der Waals surface area (Å²) < 4.78 is 46.2. The zero-order chi connectivity index (χ0) is 23.0. The summed E-state index contributed by atoms with van der Waals surface area (Å²) in [6, 6.07) is 3.04. The van der Waals surface area contributed by atoms with Gasteiger partial charge in [-0.3, -0.25) is 14.5 Å². The van der Waals surface area contributed by atoms with Crippen LogP contribution in [0.25, 0.3) is 0 Å². The van der Waals surface area contributed by atoms with E-state index in [1.54, 1.807) is 11.8 Å². The third-order valence-electron chi connectivity index (χ3n) is 5.88. The zero-order valence-corrected chi connectivity index (χ0v) is 17.4. The second-order valence-corrected chi connectivity index (χ2v) is 7.73. The Hall–Kier alpha value is -3.08. The van der Waals surface area contributed by atoms with Gasteiger partial charge in [0.2, 0.25) is 5.91 Å². The maximum atomic E-state index is 13.6. The Kier molecular flexibility index (Phi) is 5.85. The van der Waals surface area contributed by atoms with Crippen molar-refractivity contribution in [3.05, 3.63) is 46.7 Å². The number of rotatable bonds is 4. The minimum atomic E-state index is -4.66. The van der Waals surface area contributed by atoms with Crippen LogP contribution in [0.1, 0.15) is 24.1 Å². The number of carbonyl (C=O) groups is 3. The summed E-state index contributed by atoms with van der Waals surface area (Å²) in [5, 5.41) is 2.56. The smallest absolute Gasteiger partial charge is 0.378 e. The van der Waals surface area contributed by atoms with Gasteiger partial charge in [-0.2, -0.15) is 13.2 Å². The molecule has 0 aliphatic carbocycles. The Bertz CT molecular complexity index is 972. The Labute approximate surface area is 182 Å². The van der Waals surface area contributed by atoms with Crippen molar-refractivity contribution in [3.63, 3.8) is 0 Å². The SMILES string of the molecule is CCN1C(=O)N[C@@H](c2ccccc2C(F)(F)F)C2=C1CN(CC(=O)N1CCOCC1)C2=O. The number of urea groups is 1. The average Bonchev–Trinajstić information content (AvgIpc) is 3.09. The Morgan fingerprint density at radius 3 is 2.53 bits per heavy atom. The van der Waals surface area contributed by atoms with Crippen LogP contribution in [-0.4, -0.2) is 78.5 Å². The van der Waals surface area contributed by atoms with E-state index in [1.807, 2.05) is 0 Å². The fourth-order valence-electron chi connectivity index (χ4n) is 4.33. The fraction of sp³-hybridized carbons (Fsp3) is 0.476. The minimum Gasteiger partial charge on any atom is -0.378 e. The van der Waals surface area contributed by atoms with Gasteiger partial charge in [0.05, 0.1) is 42.6 Å². The molecule has 0 saturated carbocycles. The molecule has 11 heteroatoms. The normalized spacial score (nSPS) is 21.8. The number of morpholine rings is 1. The van der Waals surface area contributed by atoms with E-state index < -0.39 is 29.7 Å². The van der Waals surface area contributed by atoms with Gasteiger partial charge in [0.15, 0.2) is 0 Å². The van der Waals surface area contributed by atoms with E-state index in [-0.39, 0.29) is 36.7 Å². The molecule has 0 unspecified atom stereocenters. The van der Waals surface area contributed by atoms with Crippen molar-refractivity contribution in [1.29, 1.82) is 0 Å². The number of benzene rings is 1. The molecule has 1 fully saturated rings. The molecular formula is C21H23F3N4O4. The summed E-state index contributed by atoms with van der Waals surface area (Å²) in [6.07, 6.45) is -4.66. The molecule has 0 bridgehead atoms. The number of likely N-dealkylation sites (N-methyl/N-ethyl adjacent to an activating group) is 1. The van der Waals surface area contributed by atoms with Crippen molar-refractivity contribution in [2.24, 2.45) is 0 Å². The lowest BCUT2D eigenvalue weighted by Gasteiger charge is -2.33. The molecule has 3 aliphatic rings. The molecule has 0 aromatic heterocycles. The molecule has 1 N–H and O–H groups in total. The van der Waals surface area contributed by atoms with E-state index in [4.69, 9.17) is 4.74 Å². The lowest BCUT2D eigenvalue weighted by Crippen LogP contribution is -2.47. The first kappa shape index (κ1) is 22.1. The number of hydrogen-bond donors (Lipinski definition) is 1. The predicted molar refractivity (Wildman–Crippen MR) is 106 cm³/mol. The maximum Gasteiger partial charge on any atom is 0.416 e. The van der Waals surface area contributed by atoms with Crippen molar-refractivity contribution in [1.82, 2.24) is 20.0 Å². The van der Waals surface area contributed by atoms with Crippen LogP contribution in [0, 0.1) is 0 Å². The first-order chi connectivity index (χ1) is 15.2. The molecule has 1 aromatic carbocycles. The van der Waals surface area contributed by atoms with Gasteiger partial charge < -0.3 is 19.9 Å². The van der Waals surface area contributed by atoms with E-state index in [9.17, 15) is 27.6 Å². The second-order valence-electron chi connectivity index (χ2n) is 7.73. The highest BCUT2D eigenvalue weighted by atomic mass is 19.4.